The van der Waals surface area contributed by atoms with Crippen LogP contribution in [0.3, 0.4) is 0 Å². The Morgan fingerprint density at radius 2 is 1.86 bits per heavy atom. The molecule has 1 heterocycles. The van der Waals surface area contributed by atoms with Crippen molar-refractivity contribution in [1.82, 2.24) is 9.97 Å². The van der Waals surface area contributed by atoms with E-state index in [1.165, 1.54) is 18.2 Å². The van der Waals surface area contributed by atoms with Gasteiger partial charge in [-0.2, -0.15) is 0 Å². The molecule has 0 bridgehead atoms. The van der Waals surface area contributed by atoms with Crippen LogP contribution in [0.1, 0.15) is 0 Å². The quantitative estimate of drug-likeness (QED) is 0.377. The number of hydrogen-bond donors (Lipinski definition) is 4. The molecular formula is C12H13FN6OS. The van der Waals surface area contributed by atoms with Crippen molar-refractivity contribution in [2.75, 3.05) is 28.3 Å². The number of aromatic nitrogens is 2. The molecule has 21 heavy (non-hydrogen) atoms. The minimum atomic E-state index is -0.487. The molecule has 2 rings (SSSR count). The molecule has 110 valence electrons. The number of anilines is 4. The van der Waals surface area contributed by atoms with Gasteiger partial charge in [-0.3, -0.25) is 4.79 Å². The zero-order valence-electron chi connectivity index (χ0n) is 10.8. The Morgan fingerprint density at radius 3 is 2.52 bits per heavy atom. The maximum atomic E-state index is 13.1. The summed E-state index contributed by atoms with van der Waals surface area (Å²) in [7, 11) is 0. The first-order valence-corrected chi connectivity index (χ1v) is 6.80. The molecule has 1 aromatic carbocycles. The summed E-state index contributed by atoms with van der Waals surface area (Å²) in [6.45, 7) is 0. The molecule has 0 saturated heterocycles. The molecule has 7 nitrogen and oxygen atoms in total. The van der Waals surface area contributed by atoms with Crippen molar-refractivity contribution in [3.63, 3.8) is 0 Å². The van der Waals surface area contributed by atoms with E-state index in [-0.39, 0.29) is 39.8 Å². The number of nitrogen functional groups attached to an aromatic ring is 3. The second-order valence-corrected chi connectivity index (χ2v) is 5.01. The number of amides is 1. The van der Waals surface area contributed by atoms with Crippen LogP contribution in [0.5, 0.6) is 0 Å². The molecule has 0 aliphatic heterocycles. The third kappa shape index (κ3) is 4.21. The van der Waals surface area contributed by atoms with Crippen molar-refractivity contribution in [3.8, 4) is 0 Å². The third-order valence-corrected chi connectivity index (χ3v) is 3.21. The van der Waals surface area contributed by atoms with Gasteiger partial charge in [-0.15, -0.1) is 0 Å². The number of halogens is 1. The Balaban J connectivity index is 1.97. The summed E-state index contributed by atoms with van der Waals surface area (Å²) in [4.78, 5) is 19.7. The SMILES string of the molecule is Nc1cc(N)nc(SCC(=O)Nc2cc(F)ccc2N)n1. The van der Waals surface area contributed by atoms with E-state index in [1.807, 2.05) is 0 Å². The van der Waals surface area contributed by atoms with Gasteiger partial charge in [-0.1, -0.05) is 11.8 Å². The number of carbonyl (C=O) groups excluding carboxylic acids is 1. The van der Waals surface area contributed by atoms with Gasteiger partial charge in [0.05, 0.1) is 17.1 Å². The van der Waals surface area contributed by atoms with E-state index in [4.69, 9.17) is 17.2 Å². The summed E-state index contributed by atoms with van der Waals surface area (Å²) in [6, 6.07) is 5.15. The van der Waals surface area contributed by atoms with Gasteiger partial charge in [0.2, 0.25) is 5.91 Å². The number of benzene rings is 1. The van der Waals surface area contributed by atoms with Crippen LogP contribution in [-0.2, 0) is 4.79 Å². The Bertz CT molecular complexity index is 661. The molecule has 0 unspecified atom stereocenters. The molecule has 0 saturated carbocycles. The predicted molar refractivity (Wildman–Crippen MR) is 81.0 cm³/mol. The lowest BCUT2D eigenvalue weighted by Gasteiger charge is -2.08. The maximum absolute atomic E-state index is 13.1. The zero-order chi connectivity index (χ0) is 15.4. The van der Waals surface area contributed by atoms with Crippen molar-refractivity contribution >= 4 is 40.7 Å². The van der Waals surface area contributed by atoms with Gasteiger partial charge >= 0.3 is 0 Å². The lowest BCUT2D eigenvalue weighted by molar-refractivity contribution is -0.113. The minimum Gasteiger partial charge on any atom is -0.397 e. The Labute approximate surface area is 124 Å². The van der Waals surface area contributed by atoms with Crippen LogP contribution < -0.4 is 22.5 Å². The lowest BCUT2D eigenvalue weighted by atomic mass is 10.2. The summed E-state index contributed by atoms with van der Waals surface area (Å²) in [5.41, 5.74) is 17.2. The van der Waals surface area contributed by atoms with Crippen LogP contribution in [0.25, 0.3) is 0 Å². The number of nitrogens with two attached hydrogens (primary N) is 3. The number of thioether (sulfide) groups is 1. The van der Waals surface area contributed by atoms with Gasteiger partial charge in [0, 0.05) is 6.07 Å². The van der Waals surface area contributed by atoms with E-state index in [2.05, 4.69) is 15.3 Å². The summed E-state index contributed by atoms with van der Waals surface area (Å²) >= 11 is 1.06. The molecule has 0 fully saturated rings. The number of rotatable bonds is 4. The molecule has 7 N–H and O–H groups in total. The Hall–Kier alpha value is -2.55. The van der Waals surface area contributed by atoms with Crippen LogP contribution in [0.4, 0.5) is 27.4 Å². The molecule has 1 amide bonds. The zero-order valence-corrected chi connectivity index (χ0v) is 11.7. The van der Waals surface area contributed by atoms with Gasteiger partial charge in [-0.05, 0) is 18.2 Å². The van der Waals surface area contributed by atoms with Crippen LogP contribution in [-0.4, -0.2) is 21.6 Å². The summed E-state index contributed by atoms with van der Waals surface area (Å²) in [5.74, 6) is -0.403. The highest BCUT2D eigenvalue weighted by atomic mass is 32.2. The molecule has 0 spiro atoms. The highest BCUT2D eigenvalue weighted by Gasteiger charge is 2.09. The first-order chi connectivity index (χ1) is 9.94. The fourth-order valence-electron chi connectivity index (χ4n) is 1.48. The van der Waals surface area contributed by atoms with Crippen LogP contribution in [0.2, 0.25) is 0 Å². The van der Waals surface area contributed by atoms with Crippen molar-refractivity contribution in [2.45, 2.75) is 5.16 Å². The van der Waals surface area contributed by atoms with Crippen molar-refractivity contribution < 1.29 is 9.18 Å². The van der Waals surface area contributed by atoms with Crippen molar-refractivity contribution in [3.05, 3.63) is 30.1 Å². The largest absolute Gasteiger partial charge is 0.397 e. The van der Waals surface area contributed by atoms with E-state index < -0.39 is 5.82 Å². The number of nitrogens with one attached hydrogen (secondary N) is 1. The smallest absolute Gasteiger partial charge is 0.234 e. The molecule has 2 aromatic rings. The standard InChI is InChI=1S/C12H13FN6OS/c13-6-1-2-7(14)8(3-6)17-11(20)5-21-12-18-9(15)4-10(16)19-12/h1-4H,5,14H2,(H,17,20)(H4,15,16,18,19). The van der Waals surface area contributed by atoms with E-state index in [1.54, 1.807) is 0 Å². The maximum Gasteiger partial charge on any atom is 0.234 e. The molecule has 0 aliphatic carbocycles. The fourth-order valence-corrected chi connectivity index (χ4v) is 2.15. The van der Waals surface area contributed by atoms with Crippen molar-refractivity contribution in [1.29, 1.82) is 0 Å². The molecule has 0 atom stereocenters. The van der Waals surface area contributed by atoms with Gasteiger partial charge in [0.1, 0.15) is 17.5 Å². The lowest BCUT2D eigenvalue weighted by Crippen LogP contribution is -2.15. The normalized spacial score (nSPS) is 10.3. The second kappa shape index (κ2) is 6.27. The Kier molecular flexibility index (Phi) is 4.43. The van der Waals surface area contributed by atoms with E-state index >= 15 is 0 Å². The fraction of sp³-hybridized carbons (Fsp3) is 0.0833. The first-order valence-electron chi connectivity index (χ1n) is 5.82. The van der Waals surface area contributed by atoms with Gasteiger partial charge in [0.25, 0.3) is 0 Å². The van der Waals surface area contributed by atoms with Crippen LogP contribution in [0.15, 0.2) is 29.4 Å². The second-order valence-electron chi connectivity index (χ2n) is 4.07. The summed E-state index contributed by atoms with van der Waals surface area (Å²) in [6.07, 6.45) is 0. The average molecular weight is 308 g/mol. The Morgan fingerprint density at radius 1 is 1.19 bits per heavy atom. The number of nitrogens with zero attached hydrogens (tertiary/aromatic N) is 2. The predicted octanol–water partition coefficient (Wildman–Crippen LogP) is 1.09. The number of carbonyl (C=O) groups is 1. The minimum absolute atomic E-state index is 0.0127. The number of hydrogen-bond acceptors (Lipinski definition) is 7. The van der Waals surface area contributed by atoms with Gasteiger partial charge < -0.3 is 22.5 Å². The van der Waals surface area contributed by atoms with Crippen molar-refractivity contribution in [2.24, 2.45) is 0 Å². The first kappa shape index (κ1) is 14.9. The molecule has 9 heteroatoms. The monoisotopic (exact) mass is 308 g/mol. The van der Waals surface area contributed by atoms with E-state index in [9.17, 15) is 9.18 Å². The van der Waals surface area contributed by atoms with E-state index in [0.717, 1.165) is 17.8 Å². The molecule has 0 radical (unpaired) electrons. The molecule has 0 aliphatic rings. The topological polar surface area (TPSA) is 133 Å². The highest BCUT2D eigenvalue weighted by molar-refractivity contribution is 7.99. The summed E-state index contributed by atoms with van der Waals surface area (Å²) < 4.78 is 13.1. The van der Waals surface area contributed by atoms with Gasteiger partial charge in [0.15, 0.2) is 5.16 Å². The average Bonchev–Trinajstić information content (AvgIpc) is 2.40. The summed E-state index contributed by atoms with van der Waals surface area (Å²) in [5, 5.41) is 2.79. The third-order valence-electron chi connectivity index (χ3n) is 2.37. The highest BCUT2D eigenvalue weighted by Crippen LogP contribution is 2.21. The van der Waals surface area contributed by atoms with Crippen LogP contribution in [0, 0.1) is 5.82 Å². The van der Waals surface area contributed by atoms with Gasteiger partial charge in [-0.25, -0.2) is 14.4 Å². The van der Waals surface area contributed by atoms with E-state index in [0.29, 0.717) is 0 Å². The van der Waals surface area contributed by atoms with Crippen LogP contribution >= 0.6 is 11.8 Å². The molecule has 1 aromatic heterocycles. The molecular weight excluding hydrogens is 295 g/mol.